The molecule has 0 fully saturated rings. The van der Waals surface area contributed by atoms with Crippen molar-refractivity contribution in [1.82, 2.24) is 9.99 Å². The number of carbonyl (C=O) groups excluding carboxylic acids is 1. The zero-order valence-corrected chi connectivity index (χ0v) is 22.4. The maximum Gasteiger partial charge on any atom is 0.271 e. The molecule has 188 valence electrons. The number of ether oxygens (including phenoxy) is 1. The second-order valence-corrected chi connectivity index (χ2v) is 9.68. The molecule has 5 aromatic rings. The first-order valence-corrected chi connectivity index (χ1v) is 13.0. The van der Waals surface area contributed by atoms with Crippen LogP contribution in [0.4, 0.5) is 0 Å². The minimum absolute atomic E-state index is 0.284. The highest BCUT2D eigenvalue weighted by Gasteiger charge is 2.11. The number of aryl methyl sites for hydroxylation is 1. The molecule has 6 heteroatoms. The highest BCUT2D eigenvalue weighted by Crippen LogP contribution is 2.26. The molecule has 0 aliphatic heterocycles. The molecule has 0 saturated carbocycles. The van der Waals surface area contributed by atoms with Gasteiger partial charge in [-0.1, -0.05) is 70.5 Å². The van der Waals surface area contributed by atoms with Crippen molar-refractivity contribution in [2.24, 2.45) is 5.10 Å². The van der Waals surface area contributed by atoms with Crippen LogP contribution >= 0.6 is 15.9 Å². The van der Waals surface area contributed by atoms with E-state index < -0.39 is 0 Å². The molecule has 5 nitrogen and oxygen atoms in total. The van der Waals surface area contributed by atoms with E-state index in [9.17, 15) is 4.79 Å². The van der Waals surface area contributed by atoms with E-state index in [2.05, 4.69) is 62.2 Å². The lowest BCUT2D eigenvalue weighted by molar-refractivity contribution is 0.0955. The summed E-state index contributed by atoms with van der Waals surface area (Å²) in [5.41, 5.74) is 9.32. The van der Waals surface area contributed by atoms with Crippen molar-refractivity contribution >= 4 is 28.1 Å². The van der Waals surface area contributed by atoms with Crippen molar-refractivity contribution in [3.05, 3.63) is 142 Å². The Labute approximate surface area is 230 Å². The summed E-state index contributed by atoms with van der Waals surface area (Å²) in [6, 6.07) is 37.5. The molecule has 1 N–H and O–H groups in total. The van der Waals surface area contributed by atoms with E-state index in [1.165, 1.54) is 0 Å². The smallest absolute Gasteiger partial charge is 0.271 e. The number of para-hydroxylation sites is 1. The van der Waals surface area contributed by atoms with Gasteiger partial charge in [-0.15, -0.1) is 0 Å². The fraction of sp³-hybridized carbons (Fsp3) is 0.0625. The largest absolute Gasteiger partial charge is 0.488 e. The molecule has 5 rings (SSSR count). The van der Waals surface area contributed by atoms with E-state index in [1.807, 2.05) is 91.0 Å². The Morgan fingerprint density at radius 3 is 2.34 bits per heavy atom. The number of amides is 1. The monoisotopic (exact) mass is 563 g/mol. The molecule has 0 radical (unpaired) electrons. The first-order valence-electron chi connectivity index (χ1n) is 12.2. The fourth-order valence-electron chi connectivity index (χ4n) is 4.16. The van der Waals surface area contributed by atoms with E-state index in [-0.39, 0.29) is 5.91 Å². The van der Waals surface area contributed by atoms with Crippen molar-refractivity contribution in [3.8, 4) is 22.7 Å². The molecule has 1 heterocycles. The van der Waals surface area contributed by atoms with Gasteiger partial charge in [-0.05, 0) is 78.7 Å². The molecule has 0 saturated heterocycles. The Bertz CT molecular complexity index is 1560. The number of hydrogen-bond acceptors (Lipinski definition) is 3. The van der Waals surface area contributed by atoms with Crippen molar-refractivity contribution in [2.75, 3.05) is 0 Å². The van der Waals surface area contributed by atoms with Crippen molar-refractivity contribution < 1.29 is 9.53 Å². The Morgan fingerprint density at radius 1 is 0.868 bits per heavy atom. The number of carbonyl (C=O) groups is 1. The molecular formula is C32H26BrN3O2. The average Bonchev–Trinajstić information content (AvgIpc) is 3.35. The van der Waals surface area contributed by atoms with E-state index in [0.717, 1.165) is 38.2 Å². The summed E-state index contributed by atoms with van der Waals surface area (Å²) in [5, 5.41) is 4.17. The molecule has 0 atom stereocenters. The van der Waals surface area contributed by atoms with Gasteiger partial charge in [0.2, 0.25) is 0 Å². The van der Waals surface area contributed by atoms with Gasteiger partial charge >= 0.3 is 0 Å². The van der Waals surface area contributed by atoms with Crippen LogP contribution in [0.25, 0.3) is 16.9 Å². The van der Waals surface area contributed by atoms with Gasteiger partial charge in [0.25, 0.3) is 5.91 Å². The molecule has 0 aliphatic rings. The van der Waals surface area contributed by atoms with Crippen LogP contribution in [0.1, 0.15) is 27.2 Å². The molecule has 0 aliphatic carbocycles. The Balaban J connectivity index is 1.25. The van der Waals surface area contributed by atoms with Gasteiger partial charge in [0.15, 0.2) is 0 Å². The number of nitrogens with zero attached hydrogens (tertiary/aromatic N) is 2. The fourth-order valence-corrected chi connectivity index (χ4v) is 4.43. The zero-order chi connectivity index (χ0) is 26.3. The van der Waals surface area contributed by atoms with Gasteiger partial charge in [0, 0.05) is 27.0 Å². The van der Waals surface area contributed by atoms with Crippen LogP contribution < -0.4 is 10.2 Å². The number of rotatable bonds is 8. The van der Waals surface area contributed by atoms with E-state index >= 15 is 0 Å². The van der Waals surface area contributed by atoms with Crippen LogP contribution in [0, 0.1) is 6.92 Å². The van der Waals surface area contributed by atoms with Gasteiger partial charge in [0.05, 0.1) is 11.9 Å². The third-order valence-electron chi connectivity index (χ3n) is 6.13. The summed E-state index contributed by atoms with van der Waals surface area (Å²) >= 11 is 3.44. The van der Waals surface area contributed by atoms with Gasteiger partial charge in [-0.2, -0.15) is 5.10 Å². The van der Waals surface area contributed by atoms with E-state index in [1.54, 1.807) is 6.21 Å². The summed E-state index contributed by atoms with van der Waals surface area (Å²) in [6.45, 7) is 2.51. The second kappa shape index (κ2) is 11.8. The van der Waals surface area contributed by atoms with Crippen LogP contribution in [0.2, 0.25) is 0 Å². The number of aromatic nitrogens is 1. The first kappa shape index (κ1) is 25.2. The second-order valence-electron chi connectivity index (χ2n) is 8.76. The Hall–Kier alpha value is -4.42. The third-order valence-corrected chi connectivity index (χ3v) is 6.66. The van der Waals surface area contributed by atoms with Gasteiger partial charge in [-0.3, -0.25) is 4.79 Å². The minimum Gasteiger partial charge on any atom is -0.488 e. The van der Waals surface area contributed by atoms with Crippen LogP contribution in [-0.2, 0) is 6.61 Å². The van der Waals surface area contributed by atoms with Crippen molar-refractivity contribution in [2.45, 2.75) is 13.5 Å². The molecular weight excluding hydrogens is 538 g/mol. The van der Waals surface area contributed by atoms with Crippen molar-refractivity contribution in [1.29, 1.82) is 0 Å². The molecule has 1 amide bonds. The van der Waals surface area contributed by atoms with Crippen molar-refractivity contribution in [3.63, 3.8) is 0 Å². The van der Waals surface area contributed by atoms with Crippen LogP contribution in [0.15, 0.2) is 125 Å². The zero-order valence-electron chi connectivity index (χ0n) is 20.8. The summed E-state index contributed by atoms with van der Waals surface area (Å²) < 4.78 is 9.19. The van der Waals surface area contributed by atoms with Crippen LogP contribution in [0.5, 0.6) is 5.75 Å². The summed E-state index contributed by atoms with van der Waals surface area (Å²) in [7, 11) is 0. The lowest BCUT2D eigenvalue weighted by Gasteiger charge is -2.13. The highest BCUT2D eigenvalue weighted by molar-refractivity contribution is 9.10. The first-order chi connectivity index (χ1) is 18.6. The summed E-state index contributed by atoms with van der Waals surface area (Å²) in [5.74, 6) is 0.405. The maximum absolute atomic E-state index is 12.7. The Kier molecular flexibility index (Phi) is 7.81. The summed E-state index contributed by atoms with van der Waals surface area (Å²) in [4.78, 5) is 12.7. The minimum atomic E-state index is -0.284. The number of hydrazone groups is 1. The van der Waals surface area contributed by atoms with Gasteiger partial charge in [-0.25, -0.2) is 5.43 Å². The van der Waals surface area contributed by atoms with Crippen LogP contribution in [0.3, 0.4) is 0 Å². The normalized spacial score (nSPS) is 11.0. The summed E-state index contributed by atoms with van der Waals surface area (Å²) in [6.07, 6.45) is 1.60. The number of hydrogen-bond donors (Lipinski definition) is 1. The number of nitrogens with one attached hydrogen (secondary N) is 1. The number of halogens is 1. The third kappa shape index (κ3) is 5.93. The molecule has 4 aromatic carbocycles. The van der Waals surface area contributed by atoms with Crippen LogP contribution in [-0.4, -0.2) is 16.7 Å². The lowest BCUT2D eigenvalue weighted by Crippen LogP contribution is -2.17. The molecule has 0 spiro atoms. The SMILES string of the molecule is Cc1ccc(-c2ccccc2)n1-c1ccc(C(=O)N/N=C/c2ccccc2OCc2ccc(Br)cc2)cc1. The highest BCUT2D eigenvalue weighted by atomic mass is 79.9. The standard InChI is InChI=1S/C32H26BrN3O2/c1-23-11-20-30(25-7-3-2-4-8-25)36(23)29-18-14-26(15-19-29)32(37)35-34-21-27-9-5-6-10-31(27)38-22-24-12-16-28(33)17-13-24/h2-21H,22H2,1H3,(H,35,37)/b34-21+. The molecule has 38 heavy (non-hydrogen) atoms. The topological polar surface area (TPSA) is 55.6 Å². The predicted molar refractivity (Wildman–Crippen MR) is 156 cm³/mol. The quantitative estimate of drug-likeness (QED) is 0.156. The number of benzene rings is 4. The molecule has 1 aromatic heterocycles. The molecule has 0 bridgehead atoms. The van der Waals surface area contributed by atoms with E-state index in [0.29, 0.717) is 17.9 Å². The Morgan fingerprint density at radius 2 is 1.58 bits per heavy atom. The van der Waals surface area contributed by atoms with Gasteiger partial charge in [0.1, 0.15) is 12.4 Å². The van der Waals surface area contributed by atoms with Gasteiger partial charge < -0.3 is 9.30 Å². The average molecular weight is 564 g/mol. The molecule has 0 unspecified atom stereocenters. The van der Waals surface area contributed by atoms with E-state index in [4.69, 9.17) is 4.74 Å². The predicted octanol–water partition coefficient (Wildman–Crippen LogP) is 7.56. The maximum atomic E-state index is 12.7. The lowest BCUT2D eigenvalue weighted by atomic mass is 10.1.